The number of nitriles is 2. The molecule has 0 amide bonds. The Morgan fingerprint density at radius 1 is 0.810 bits per heavy atom. The summed E-state index contributed by atoms with van der Waals surface area (Å²) >= 11 is 0. The zero-order valence-electron chi connectivity index (χ0n) is 11.9. The fourth-order valence-electron chi connectivity index (χ4n) is 1.94. The molecule has 2 aromatic rings. The van der Waals surface area contributed by atoms with Crippen LogP contribution in [0.1, 0.15) is 22.3 Å². The van der Waals surface area contributed by atoms with Crippen LogP contribution in [0.4, 0.5) is 0 Å². The first-order valence-electron chi connectivity index (χ1n) is 6.42. The standard InChI is InChI=1S/C16H13BN2O2/c1-11-13(9-18)5-3-7-15(11)20-17-21-16-8-4-6-14(10-19)12(16)2/h3-8,17H,1-2H3. The second kappa shape index (κ2) is 6.50. The molecule has 0 aliphatic heterocycles. The molecule has 0 unspecified atom stereocenters. The molecule has 0 radical (unpaired) electrons. The van der Waals surface area contributed by atoms with E-state index in [0.29, 0.717) is 22.6 Å². The van der Waals surface area contributed by atoms with Gasteiger partial charge in [0.15, 0.2) is 0 Å². The Morgan fingerprint density at radius 2 is 1.24 bits per heavy atom. The SMILES string of the molecule is Cc1c(C#N)cccc1OBOc1cccc(C#N)c1C. The molecule has 2 aromatic carbocycles. The smallest absolute Gasteiger partial charge is 0.528 e. The zero-order valence-corrected chi connectivity index (χ0v) is 11.9. The molecular weight excluding hydrogens is 263 g/mol. The summed E-state index contributed by atoms with van der Waals surface area (Å²) in [5.41, 5.74) is 2.72. The van der Waals surface area contributed by atoms with Gasteiger partial charge in [-0.05, 0) is 38.1 Å². The second-order valence-corrected chi connectivity index (χ2v) is 4.49. The summed E-state index contributed by atoms with van der Waals surface area (Å²) in [7, 11) is 0.0193. The highest BCUT2D eigenvalue weighted by molar-refractivity contribution is 6.20. The van der Waals surface area contributed by atoms with E-state index in [1.807, 2.05) is 13.8 Å². The van der Waals surface area contributed by atoms with E-state index >= 15 is 0 Å². The van der Waals surface area contributed by atoms with Gasteiger partial charge in [0.1, 0.15) is 11.5 Å². The third kappa shape index (κ3) is 3.16. The summed E-state index contributed by atoms with van der Waals surface area (Å²) in [5.74, 6) is 1.23. The topological polar surface area (TPSA) is 66.0 Å². The molecule has 0 saturated heterocycles. The first kappa shape index (κ1) is 14.5. The number of rotatable bonds is 4. The fraction of sp³-hybridized carbons (Fsp3) is 0.125. The van der Waals surface area contributed by atoms with Crippen molar-refractivity contribution in [2.24, 2.45) is 0 Å². The normalized spacial score (nSPS) is 9.33. The van der Waals surface area contributed by atoms with Crippen LogP contribution < -0.4 is 9.31 Å². The lowest BCUT2D eigenvalue weighted by Gasteiger charge is -2.12. The Bertz CT molecular complexity index is 681. The summed E-state index contributed by atoms with van der Waals surface area (Å²) < 4.78 is 11.1. The van der Waals surface area contributed by atoms with E-state index in [1.165, 1.54) is 0 Å². The van der Waals surface area contributed by atoms with Crippen molar-refractivity contribution in [3.63, 3.8) is 0 Å². The minimum atomic E-state index is 0.0193. The van der Waals surface area contributed by atoms with Gasteiger partial charge in [-0.25, -0.2) is 0 Å². The summed E-state index contributed by atoms with van der Waals surface area (Å²) in [5, 5.41) is 17.9. The van der Waals surface area contributed by atoms with Gasteiger partial charge in [0.2, 0.25) is 0 Å². The van der Waals surface area contributed by atoms with Gasteiger partial charge in [-0.1, -0.05) is 12.1 Å². The molecule has 0 fully saturated rings. The van der Waals surface area contributed by atoms with E-state index in [2.05, 4.69) is 12.1 Å². The number of nitrogens with zero attached hydrogens (tertiary/aromatic N) is 2. The molecule has 0 aliphatic rings. The van der Waals surface area contributed by atoms with Crippen molar-refractivity contribution in [3.05, 3.63) is 58.7 Å². The number of hydrogen-bond donors (Lipinski definition) is 0. The van der Waals surface area contributed by atoms with Gasteiger partial charge in [-0.2, -0.15) is 10.5 Å². The maximum Gasteiger partial charge on any atom is 0.576 e. The lowest BCUT2D eigenvalue weighted by molar-refractivity contribution is 0.455. The van der Waals surface area contributed by atoms with Gasteiger partial charge < -0.3 is 9.31 Å². The molecular formula is C16H13BN2O2. The zero-order chi connectivity index (χ0) is 15.2. The van der Waals surface area contributed by atoms with E-state index in [1.54, 1.807) is 36.4 Å². The van der Waals surface area contributed by atoms with E-state index < -0.39 is 0 Å². The molecule has 0 aliphatic carbocycles. The van der Waals surface area contributed by atoms with Crippen LogP contribution in [0.5, 0.6) is 11.5 Å². The van der Waals surface area contributed by atoms with Gasteiger partial charge in [-0.3, -0.25) is 0 Å². The molecule has 0 bridgehead atoms. The molecule has 4 nitrogen and oxygen atoms in total. The summed E-state index contributed by atoms with van der Waals surface area (Å²) in [4.78, 5) is 0. The minimum absolute atomic E-state index is 0.0193. The average Bonchev–Trinajstić information content (AvgIpc) is 2.50. The maximum atomic E-state index is 8.97. The fourth-order valence-corrected chi connectivity index (χ4v) is 1.94. The van der Waals surface area contributed by atoms with Crippen molar-refractivity contribution >= 4 is 7.69 Å². The highest BCUT2D eigenvalue weighted by Gasteiger charge is 2.08. The second-order valence-electron chi connectivity index (χ2n) is 4.49. The monoisotopic (exact) mass is 276 g/mol. The van der Waals surface area contributed by atoms with Crippen LogP contribution in [0, 0.1) is 36.5 Å². The predicted octanol–water partition coefficient (Wildman–Crippen LogP) is 2.77. The van der Waals surface area contributed by atoms with E-state index in [0.717, 1.165) is 11.1 Å². The minimum Gasteiger partial charge on any atom is -0.528 e. The van der Waals surface area contributed by atoms with E-state index in [4.69, 9.17) is 19.8 Å². The summed E-state index contributed by atoms with van der Waals surface area (Å²) in [6.07, 6.45) is 0. The highest BCUT2D eigenvalue weighted by atomic mass is 16.6. The van der Waals surface area contributed by atoms with Crippen molar-refractivity contribution in [1.29, 1.82) is 10.5 Å². The molecule has 0 aromatic heterocycles. The van der Waals surface area contributed by atoms with Crippen molar-refractivity contribution < 1.29 is 9.31 Å². The van der Waals surface area contributed by atoms with Crippen LogP contribution in [0.25, 0.3) is 0 Å². The first-order valence-corrected chi connectivity index (χ1v) is 6.42. The maximum absolute atomic E-state index is 8.97. The summed E-state index contributed by atoms with van der Waals surface area (Å²) in [6, 6.07) is 14.8. The molecule has 0 N–H and O–H groups in total. The van der Waals surface area contributed by atoms with Crippen molar-refractivity contribution in [3.8, 4) is 23.6 Å². The van der Waals surface area contributed by atoms with Gasteiger partial charge in [-0.15, -0.1) is 0 Å². The Morgan fingerprint density at radius 3 is 1.62 bits per heavy atom. The number of hydrogen-bond acceptors (Lipinski definition) is 4. The van der Waals surface area contributed by atoms with Crippen LogP contribution >= 0.6 is 0 Å². The molecule has 0 heterocycles. The largest absolute Gasteiger partial charge is 0.576 e. The van der Waals surface area contributed by atoms with Gasteiger partial charge in [0, 0.05) is 11.1 Å². The Balaban J connectivity index is 2.06. The van der Waals surface area contributed by atoms with Crippen molar-refractivity contribution in [2.75, 3.05) is 0 Å². The quantitative estimate of drug-likeness (QED) is 0.805. The molecule has 102 valence electrons. The van der Waals surface area contributed by atoms with Crippen LogP contribution in [0.2, 0.25) is 0 Å². The Labute approximate surface area is 124 Å². The molecule has 0 saturated carbocycles. The molecule has 21 heavy (non-hydrogen) atoms. The average molecular weight is 276 g/mol. The lowest BCUT2D eigenvalue weighted by atomic mass is 10.1. The van der Waals surface area contributed by atoms with Gasteiger partial charge in [0.05, 0.1) is 23.3 Å². The number of benzene rings is 2. The van der Waals surface area contributed by atoms with E-state index in [9.17, 15) is 0 Å². The van der Waals surface area contributed by atoms with Crippen LogP contribution in [0.15, 0.2) is 36.4 Å². The van der Waals surface area contributed by atoms with Gasteiger partial charge in [0.25, 0.3) is 0 Å². The third-order valence-electron chi connectivity index (χ3n) is 3.24. The lowest BCUT2D eigenvalue weighted by Crippen LogP contribution is -2.12. The summed E-state index contributed by atoms with van der Waals surface area (Å²) in [6.45, 7) is 3.66. The van der Waals surface area contributed by atoms with Crippen molar-refractivity contribution in [2.45, 2.75) is 13.8 Å². The van der Waals surface area contributed by atoms with E-state index in [-0.39, 0.29) is 7.69 Å². The third-order valence-corrected chi connectivity index (χ3v) is 3.24. The van der Waals surface area contributed by atoms with Gasteiger partial charge >= 0.3 is 7.69 Å². The van der Waals surface area contributed by atoms with Crippen LogP contribution in [0.3, 0.4) is 0 Å². The van der Waals surface area contributed by atoms with Crippen LogP contribution in [-0.4, -0.2) is 7.69 Å². The molecule has 5 heteroatoms. The van der Waals surface area contributed by atoms with Crippen LogP contribution in [-0.2, 0) is 0 Å². The Kier molecular flexibility index (Phi) is 4.48. The highest BCUT2D eigenvalue weighted by Crippen LogP contribution is 2.22. The molecule has 0 spiro atoms. The predicted molar refractivity (Wildman–Crippen MR) is 80.2 cm³/mol. The first-order chi connectivity index (χ1) is 10.2. The molecule has 0 atom stereocenters. The Hall–Kier alpha value is -2.92. The molecule has 2 rings (SSSR count). The van der Waals surface area contributed by atoms with Crippen molar-refractivity contribution in [1.82, 2.24) is 0 Å².